The Morgan fingerprint density at radius 3 is 2.44 bits per heavy atom. The van der Waals surface area contributed by atoms with E-state index in [1.807, 2.05) is 6.07 Å². The minimum atomic E-state index is -4.26. The maximum absolute atomic E-state index is 11.9. The molecule has 1 N–H and O–H groups in total. The molecule has 4 aromatic rings. The normalized spacial score (nSPS) is 22.7. The summed E-state index contributed by atoms with van der Waals surface area (Å²) in [7, 11) is -6.43. The molecule has 0 fully saturated rings. The van der Waals surface area contributed by atoms with Gasteiger partial charge in [-0.15, -0.1) is 0 Å². The first kappa shape index (κ1) is 31.2. The van der Waals surface area contributed by atoms with Crippen LogP contribution in [0.15, 0.2) is 107 Å². The van der Waals surface area contributed by atoms with Gasteiger partial charge >= 0.3 is 0 Å². The molecule has 0 amide bonds. The van der Waals surface area contributed by atoms with Crippen LogP contribution in [0, 0.1) is 19.8 Å². The van der Waals surface area contributed by atoms with Gasteiger partial charge in [-0.1, -0.05) is 66.8 Å². The van der Waals surface area contributed by atoms with Crippen molar-refractivity contribution in [3.05, 3.63) is 136 Å². The lowest BCUT2D eigenvalue weighted by atomic mass is 9.75. The third-order valence-electron chi connectivity index (χ3n) is 11.3. The summed E-state index contributed by atoms with van der Waals surface area (Å²) in [6, 6.07) is 28.0. The second-order valence-corrected chi connectivity index (χ2v) is 20.3. The molecule has 0 saturated carbocycles. The molecule has 2 unspecified atom stereocenters. The number of hydrogen-bond donors (Lipinski definition) is 1. The number of anilines is 2. The molecule has 0 spiro atoms. The molecule has 48 heavy (non-hydrogen) atoms. The molecular formula is C41H43N2O3SSi+. The molecule has 244 valence electrons. The number of para-hydroxylation sites is 1. The molecule has 3 heterocycles. The summed E-state index contributed by atoms with van der Waals surface area (Å²) in [6.07, 6.45) is 11.2. The Morgan fingerprint density at radius 2 is 1.65 bits per heavy atom. The van der Waals surface area contributed by atoms with Crippen molar-refractivity contribution in [2.45, 2.75) is 63.4 Å². The molecule has 2 atom stereocenters. The van der Waals surface area contributed by atoms with Gasteiger partial charge in [-0.05, 0) is 96.4 Å². The van der Waals surface area contributed by atoms with Crippen LogP contribution in [0.25, 0.3) is 0 Å². The van der Waals surface area contributed by atoms with Crippen LogP contribution in [-0.2, 0) is 23.0 Å². The Morgan fingerprint density at radius 1 is 0.875 bits per heavy atom. The fourth-order valence-corrected chi connectivity index (χ4v) is 12.9. The van der Waals surface area contributed by atoms with E-state index in [0.717, 1.165) is 55.7 Å². The predicted molar refractivity (Wildman–Crippen MR) is 198 cm³/mol. The smallest absolute Gasteiger partial charge is 0.294 e. The highest BCUT2D eigenvalue weighted by Gasteiger charge is 2.47. The summed E-state index contributed by atoms with van der Waals surface area (Å²) in [5.41, 5.74) is 12.8. The van der Waals surface area contributed by atoms with Gasteiger partial charge in [0.15, 0.2) is 0 Å². The third kappa shape index (κ3) is 5.06. The van der Waals surface area contributed by atoms with E-state index in [1.54, 1.807) is 6.07 Å². The number of allylic oxidation sites excluding steroid dienone is 4. The van der Waals surface area contributed by atoms with Gasteiger partial charge in [0.25, 0.3) is 10.1 Å². The zero-order chi connectivity index (χ0) is 33.4. The number of fused-ring (bicyclic) bond motifs is 4. The first-order valence-corrected chi connectivity index (χ1v) is 21.7. The highest BCUT2D eigenvalue weighted by Crippen LogP contribution is 2.48. The fraction of sp³-hybridized carbons (Fsp3) is 0.293. The lowest BCUT2D eigenvalue weighted by Gasteiger charge is -2.45. The van der Waals surface area contributed by atoms with Crippen LogP contribution >= 0.6 is 0 Å². The second-order valence-electron chi connectivity index (χ2n) is 14.5. The standard InChI is InChI=1S/C41H42N2O3SSi/c1-27-10-7-11-28(2)40(27)41-34-19-16-31(42-22-8-13-29-12-5-6-15-36(29)42)25-38(34)48(3,4)39-26-32(17-20-35(39)41)43-23-9-14-30-24-33(47(44,45)46)18-21-37(30)43/h5-7,10-12,15-21,24-26,35,41H,8-9,13-14,22-23H2,1-4H3/p+1. The minimum absolute atomic E-state index is 0.0355. The Bertz CT molecular complexity index is 2180. The molecule has 4 aliphatic rings. The van der Waals surface area contributed by atoms with Gasteiger partial charge in [-0.3, -0.25) is 4.55 Å². The quantitative estimate of drug-likeness (QED) is 0.136. The van der Waals surface area contributed by atoms with E-state index in [9.17, 15) is 13.0 Å². The minimum Gasteiger partial charge on any atom is -0.341 e. The number of rotatable bonds is 3. The summed E-state index contributed by atoms with van der Waals surface area (Å²) in [5, 5.41) is 3.06. The Labute approximate surface area is 285 Å². The molecule has 8 rings (SSSR count). The topological polar surface area (TPSA) is 60.6 Å². The van der Waals surface area contributed by atoms with Crippen LogP contribution in [0.5, 0.6) is 0 Å². The van der Waals surface area contributed by atoms with E-state index in [1.165, 1.54) is 55.6 Å². The van der Waals surface area contributed by atoms with Crippen LogP contribution in [0.1, 0.15) is 52.1 Å². The van der Waals surface area contributed by atoms with Crippen LogP contribution in [0.3, 0.4) is 0 Å². The van der Waals surface area contributed by atoms with Gasteiger partial charge in [0.1, 0.15) is 14.6 Å². The number of hydrogen-bond acceptors (Lipinski definition) is 3. The summed E-state index contributed by atoms with van der Waals surface area (Å²) in [6.45, 7) is 11.5. The summed E-state index contributed by atoms with van der Waals surface area (Å²) >= 11 is 0. The molecule has 0 bridgehead atoms. The van der Waals surface area contributed by atoms with Crippen molar-refractivity contribution >= 4 is 46.2 Å². The van der Waals surface area contributed by atoms with Crippen molar-refractivity contribution in [3.63, 3.8) is 0 Å². The van der Waals surface area contributed by atoms with Crippen LogP contribution in [-0.4, -0.2) is 44.4 Å². The molecular weight excluding hydrogens is 629 g/mol. The highest BCUT2D eigenvalue weighted by molar-refractivity contribution is 7.85. The average molecular weight is 672 g/mol. The Balaban J connectivity index is 1.31. The molecule has 0 saturated heterocycles. The van der Waals surface area contributed by atoms with Gasteiger partial charge in [0.2, 0.25) is 11.4 Å². The van der Waals surface area contributed by atoms with E-state index in [2.05, 4.69) is 115 Å². The monoisotopic (exact) mass is 671 g/mol. The van der Waals surface area contributed by atoms with Gasteiger partial charge in [-0.25, -0.2) is 0 Å². The lowest BCUT2D eigenvalue weighted by Crippen LogP contribution is -2.54. The second kappa shape index (κ2) is 11.5. The van der Waals surface area contributed by atoms with Crippen LogP contribution < -0.4 is 10.1 Å². The number of aryl methyl sites for hydroxylation is 4. The predicted octanol–water partition coefficient (Wildman–Crippen LogP) is 8.08. The van der Waals surface area contributed by atoms with Crippen molar-refractivity contribution in [2.24, 2.45) is 5.92 Å². The summed E-state index contributed by atoms with van der Waals surface area (Å²) in [5.74, 6) is 0.481. The summed E-state index contributed by atoms with van der Waals surface area (Å²) < 4.78 is 35.9. The largest absolute Gasteiger partial charge is 0.341 e. The molecule has 0 radical (unpaired) electrons. The fourth-order valence-electron chi connectivity index (χ4n) is 9.00. The Hall–Kier alpha value is -4.04. The Kier molecular flexibility index (Phi) is 7.51. The zero-order valence-electron chi connectivity index (χ0n) is 28.2. The van der Waals surface area contributed by atoms with E-state index < -0.39 is 18.2 Å². The van der Waals surface area contributed by atoms with Crippen LogP contribution in [0.2, 0.25) is 13.1 Å². The zero-order valence-corrected chi connectivity index (χ0v) is 30.0. The van der Waals surface area contributed by atoms with Crippen molar-refractivity contribution in [2.75, 3.05) is 18.0 Å². The molecule has 0 aromatic heterocycles. The van der Waals surface area contributed by atoms with E-state index in [4.69, 9.17) is 0 Å². The summed E-state index contributed by atoms with van der Waals surface area (Å²) in [4.78, 5) is 2.49. The lowest BCUT2D eigenvalue weighted by molar-refractivity contribution is -0.444. The molecule has 3 aliphatic heterocycles. The average Bonchev–Trinajstić information content (AvgIpc) is 3.08. The maximum Gasteiger partial charge on any atom is 0.294 e. The van der Waals surface area contributed by atoms with Crippen molar-refractivity contribution in [1.82, 2.24) is 0 Å². The SMILES string of the molecule is Cc1cccc(C)c1C1c2ccc(N3CCCc4ccccc43)cc2[Si](C)(C)C2=CC(=[N+]3CCCc4cc(S(=O)(=O)O)ccc43)C=CC21. The molecule has 1 aliphatic carbocycles. The molecule has 5 nitrogen and oxygen atoms in total. The third-order valence-corrected chi connectivity index (χ3v) is 15.9. The van der Waals surface area contributed by atoms with Gasteiger partial charge in [-0.2, -0.15) is 13.0 Å². The van der Waals surface area contributed by atoms with E-state index >= 15 is 0 Å². The van der Waals surface area contributed by atoms with E-state index in [-0.39, 0.29) is 16.7 Å². The number of nitrogens with zero attached hydrogens (tertiary/aromatic N) is 2. The van der Waals surface area contributed by atoms with Gasteiger partial charge in [0.05, 0.1) is 4.90 Å². The number of benzene rings is 4. The van der Waals surface area contributed by atoms with Crippen LogP contribution in [0.4, 0.5) is 17.1 Å². The van der Waals surface area contributed by atoms with Crippen molar-refractivity contribution in [3.8, 4) is 0 Å². The first-order valence-electron chi connectivity index (χ1n) is 17.2. The van der Waals surface area contributed by atoms with Crippen molar-refractivity contribution < 1.29 is 17.5 Å². The molecule has 4 aromatic carbocycles. The first-order chi connectivity index (χ1) is 23.0. The van der Waals surface area contributed by atoms with Gasteiger partial charge < -0.3 is 4.90 Å². The molecule has 7 heteroatoms. The van der Waals surface area contributed by atoms with Gasteiger partial charge in [0, 0.05) is 60.0 Å². The maximum atomic E-state index is 11.9. The van der Waals surface area contributed by atoms with E-state index in [0.29, 0.717) is 0 Å². The highest BCUT2D eigenvalue weighted by atomic mass is 32.2. The van der Waals surface area contributed by atoms with Crippen molar-refractivity contribution in [1.29, 1.82) is 0 Å².